The van der Waals surface area contributed by atoms with Crippen LogP contribution in [-0.4, -0.2) is 9.97 Å². The number of anilines is 3. The molecule has 0 aliphatic heterocycles. The molecule has 3 N–H and O–H groups in total. The zero-order valence-electron chi connectivity index (χ0n) is 8.42. The molecule has 7 heteroatoms. The van der Waals surface area contributed by atoms with Crippen LogP contribution >= 0.6 is 39.1 Å². The third-order valence-electron chi connectivity index (χ3n) is 2.02. The number of benzene rings is 1. The number of para-hydroxylation sites is 1. The molecule has 0 unspecified atom stereocenters. The minimum Gasteiger partial charge on any atom is -0.383 e. The minimum absolute atomic E-state index is 0.339. The normalized spacial score (nSPS) is 10.3. The van der Waals surface area contributed by atoms with Crippen LogP contribution in [0.25, 0.3) is 0 Å². The van der Waals surface area contributed by atoms with Gasteiger partial charge in [0.15, 0.2) is 0 Å². The number of hydrogen-bond donors (Lipinski definition) is 2. The summed E-state index contributed by atoms with van der Waals surface area (Å²) in [6.45, 7) is 0. The molecule has 0 amide bonds. The zero-order valence-corrected chi connectivity index (χ0v) is 11.5. The molecule has 0 atom stereocenters. The largest absolute Gasteiger partial charge is 0.383 e. The molecule has 2 aromatic rings. The molecular weight excluding hydrogens is 327 g/mol. The van der Waals surface area contributed by atoms with Gasteiger partial charge in [-0.25, -0.2) is 9.97 Å². The first-order valence-corrected chi connectivity index (χ1v) is 6.11. The van der Waals surface area contributed by atoms with Crippen LogP contribution in [0.5, 0.6) is 0 Å². The lowest BCUT2D eigenvalue weighted by molar-refractivity contribution is 1.16. The maximum Gasteiger partial charge on any atom is 0.150 e. The zero-order chi connectivity index (χ0) is 12.4. The van der Waals surface area contributed by atoms with Crippen LogP contribution in [0.4, 0.5) is 17.3 Å². The highest BCUT2D eigenvalue weighted by atomic mass is 79.9. The summed E-state index contributed by atoms with van der Waals surface area (Å²) in [5.74, 6) is 0.846. The van der Waals surface area contributed by atoms with Gasteiger partial charge in [0, 0.05) is 0 Å². The molecule has 1 aromatic carbocycles. The molecule has 1 heterocycles. The van der Waals surface area contributed by atoms with Gasteiger partial charge >= 0.3 is 0 Å². The first kappa shape index (κ1) is 12.4. The quantitative estimate of drug-likeness (QED) is 0.875. The van der Waals surface area contributed by atoms with Gasteiger partial charge in [0.2, 0.25) is 0 Å². The molecule has 88 valence electrons. The van der Waals surface area contributed by atoms with Crippen LogP contribution in [0.3, 0.4) is 0 Å². The van der Waals surface area contributed by atoms with Gasteiger partial charge in [0.05, 0.1) is 15.7 Å². The van der Waals surface area contributed by atoms with Gasteiger partial charge in [-0.1, -0.05) is 29.3 Å². The molecule has 0 aliphatic rings. The number of hydrogen-bond acceptors (Lipinski definition) is 4. The fourth-order valence-corrected chi connectivity index (χ4v) is 2.00. The van der Waals surface area contributed by atoms with E-state index in [0.717, 1.165) is 0 Å². The van der Waals surface area contributed by atoms with E-state index in [0.29, 0.717) is 31.8 Å². The predicted octanol–water partition coefficient (Wildman–Crippen LogP) is 3.87. The predicted molar refractivity (Wildman–Crippen MR) is 73.9 cm³/mol. The van der Waals surface area contributed by atoms with Crippen molar-refractivity contribution < 1.29 is 0 Å². The SMILES string of the molecule is Nc1ncnc(Nc2c(Cl)cccc2Cl)c1Br. The molecule has 0 saturated carbocycles. The minimum atomic E-state index is 0.339. The number of halogens is 3. The Labute approximate surface area is 116 Å². The number of nitrogens with zero attached hydrogens (tertiary/aromatic N) is 2. The van der Waals surface area contributed by atoms with E-state index in [4.69, 9.17) is 28.9 Å². The summed E-state index contributed by atoms with van der Waals surface area (Å²) < 4.78 is 0.566. The standard InChI is InChI=1S/C10H7BrCl2N4/c11-7-9(14)15-4-16-10(7)17-8-5(12)2-1-3-6(8)13/h1-4H,(H3,14,15,16,17). The molecule has 0 saturated heterocycles. The summed E-state index contributed by atoms with van der Waals surface area (Å²) >= 11 is 15.4. The van der Waals surface area contributed by atoms with Gasteiger partial charge in [-0.05, 0) is 28.1 Å². The van der Waals surface area contributed by atoms with Gasteiger partial charge in [0.1, 0.15) is 22.4 Å². The molecule has 4 nitrogen and oxygen atoms in total. The van der Waals surface area contributed by atoms with Crippen LogP contribution in [0, 0.1) is 0 Å². The van der Waals surface area contributed by atoms with E-state index in [1.807, 2.05) is 0 Å². The van der Waals surface area contributed by atoms with E-state index < -0.39 is 0 Å². The topological polar surface area (TPSA) is 63.8 Å². The second-order valence-electron chi connectivity index (χ2n) is 3.14. The summed E-state index contributed by atoms with van der Waals surface area (Å²) in [6.07, 6.45) is 1.35. The second-order valence-corrected chi connectivity index (χ2v) is 4.75. The Hall–Kier alpha value is -1.04. The summed E-state index contributed by atoms with van der Waals surface area (Å²) in [5.41, 5.74) is 6.22. The molecule has 0 radical (unpaired) electrons. The van der Waals surface area contributed by atoms with Crippen molar-refractivity contribution in [2.24, 2.45) is 0 Å². The van der Waals surface area contributed by atoms with Crippen molar-refractivity contribution in [1.29, 1.82) is 0 Å². The van der Waals surface area contributed by atoms with Crippen molar-refractivity contribution in [1.82, 2.24) is 9.97 Å². The summed E-state index contributed by atoms with van der Waals surface area (Å²) in [6, 6.07) is 5.22. The molecule has 1 aromatic heterocycles. The highest BCUT2D eigenvalue weighted by Crippen LogP contribution is 2.34. The van der Waals surface area contributed by atoms with Crippen molar-refractivity contribution >= 4 is 56.5 Å². The van der Waals surface area contributed by atoms with Crippen molar-refractivity contribution in [3.63, 3.8) is 0 Å². The van der Waals surface area contributed by atoms with E-state index in [2.05, 4.69) is 31.2 Å². The number of aromatic nitrogens is 2. The highest BCUT2D eigenvalue weighted by molar-refractivity contribution is 9.10. The van der Waals surface area contributed by atoms with Gasteiger partial charge in [-0.15, -0.1) is 0 Å². The molecule has 17 heavy (non-hydrogen) atoms. The first-order chi connectivity index (χ1) is 8.09. The maximum absolute atomic E-state index is 6.03. The van der Waals surface area contributed by atoms with Crippen molar-refractivity contribution in [3.8, 4) is 0 Å². The van der Waals surface area contributed by atoms with Crippen LogP contribution in [-0.2, 0) is 0 Å². The molecule has 0 fully saturated rings. The average molecular weight is 334 g/mol. The second kappa shape index (κ2) is 5.08. The molecule has 0 aliphatic carbocycles. The van der Waals surface area contributed by atoms with Gasteiger partial charge in [0.25, 0.3) is 0 Å². The number of nitrogen functional groups attached to an aromatic ring is 1. The van der Waals surface area contributed by atoms with Crippen LogP contribution in [0.15, 0.2) is 29.0 Å². The third kappa shape index (κ3) is 2.62. The lowest BCUT2D eigenvalue weighted by Gasteiger charge is -2.11. The summed E-state index contributed by atoms with van der Waals surface area (Å²) in [7, 11) is 0. The van der Waals surface area contributed by atoms with E-state index in [1.54, 1.807) is 18.2 Å². The van der Waals surface area contributed by atoms with Crippen LogP contribution < -0.4 is 11.1 Å². The van der Waals surface area contributed by atoms with E-state index in [1.165, 1.54) is 6.33 Å². The Morgan fingerprint density at radius 2 is 1.82 bits per heavy atom. The lowest BCUT2D eigenvalue weighted by Crippen LogP contribution is -2.00. The fraction of sp³-hybridized carbons (Fsp3) is 0. The number of rotatable bonds is 2. The monoisotopic (exact) mass is 332 g/mol. The first-order valence-electron chi connectivity index (χ1n) is 4.56. The van der Waals surface area contributed by atoms with Crippen molar-refractivity contribution in [2.45, 2.75) is 0 Å². The Morgan fingerprint density at radius 1 is 1.18 bits per heavy atom. The lowest BCUT2D eigenvalue weighted by atomic mass is 10.3. The van der Waals surface area contributed by atoms with E-state index in [-0.39, 0.29) is 0 Å². The number of nitrogens with two attached hydrogens (primary N) is 1. The van der Waals surface area contributed by atoms with E-state index in [9.17, 15) is 0 Å². The molecule has 0 spiro atoms. The third-order valence-corrected chi connectivity index (χ3v) is 3.43. The number of nitrogens with one attached hydrogen (secondary N) is 1. The van der Waals surface area contributed by atoms with Crippen LogP contribution in [0.1, 0.15) is 0 Å². The molecular formula is C10H7BrCl2N4. The van der Waals surface area contributed by atoms with Gasteiger partial charge < -0.3 is 11.1 Å². The van der Waals surface area contributed by atoms with E-state index >= 15 is 0 Å². The average Bonchev–Trinajstić information content (AvgIpc) is 2.29. The van der Waals surface area contributed by atoms with Crippen LogP contribution in [0.2, 0.25) is 10.0 Å². The van der Waals surface area contributed by atoms with Crippen molar-refractivity contribution in [3.05, 3.63) is 39.0 Å². The highest BCUT2D eigenvalue weighted by Gasteiger charge is 2.10. The Balaban J connectivity index is 2.42. The smallest absolute Gasteiger partial charge is 0.150 e. The Morgan fingerprint density at radius 3 is 2.47 bits per heavy atom. The molecule has 0 bridgehead atoms. The van der Waals surface area contributed by atoms with Crippen molar-refractivity contribution in [2.75, 3.05) is 11.1 Å². The maximum atomic E-state index is 6.03. The molecule has 2 rings (SSSR count). The van der Waals surface area contributed by atoms with Gasteiger partial charge in [-0.2, -0.15) is 0 Å². The summed E-state index contributed by atoms with van der Waals surface area (Å²) in [5, 5.41) is 4.01. The fourth-order valence-electron chi connectivity index (χ4n) is 1.21. The van der Waals surface area contributed by atoms with Gasteiger partial charge in [-0.3, -0.25) is 0 Å². The summed E-state index contributed by atoms with van der Waals surface area (Å²) in [4.78, 5) is 7.89. The Bertz CT molecular complexity index is 542. The Kier molecular flexibility index (Phi) is 3.71.